The van der Waals surface area contributed by atoms with E-state index in [0.717, 1.165) is 6.07 Å². The second-order valence-corrected chi connectivity index (χ2v) is 10.2. The maximum atomic E-state index is 12.9. The number of aliphatic hydroxyl groups excluding tert-OH is 2. The van der Waals surface area contributed by atoms with Crippen molar-refractivity contribution in [2.45, 2.75) is 43.4 Å². The molecule has 8 atom stereocenters. The van der Waals surface area contributed by atoms with Crippen molar-refractivity contribution in [3.05, 3.63) is 84.1 Å². The van der Waals surface area contributed by atoms with Crippen LogP contribution in [0.15, 0.2) is 73.0 Å². The molecule has 2 saturated heterocycles. The topological polar surface area (TPSA) is 188 Å². The molecule has 2 fully saturated rings. The molecule has 0 spiro atoms. The third-order valence-corrected chi connectivity index (χ3v) is 7.38. The van der Waals surface area contributed by atoms with Gasteiger partial charge >= 0.3 is 17.9 Å². The van der Waals surface area contributed by atoms with Gasteiger partial charge in [-0.3, -0.25) is 0 Å². The first-order valence-corrected chi connectivity index (χ1v) is 13.4. The number of aromatic hydroxyl groups is 2. The maximum Gasteiger partial charge on any atom is 0.338 e. The first kappa shape index (κ1) is 30.0. The van der Waals surface area contributed by atoms with Gasteiger partial charge in [0.1, 0.15) is 36.4 Å². The SMILES string of the molecule is C=C[C@H]1[C@H](O[C@@H]2O[C@H](COC(=O)c3cccc(O)c3)[C@@H](O)[C@H](O)[C@H]2OC(=O)c2cccc(O)c2)OC=C2C(=O)OCC[C@H]21. The van der Waals surface area contributed by atoms with E-state index in [0.29, 0.717) is 12.0 Å². The van der Waals surface area contributed by atoms with Gasteiger partial charge in [0, 0.05) is 11.8 Å². The highest BCUT2D eigenvalue weighted by atomic mass is 16.8. The minimum atomic E-state index is -1.79. The van der Waals surface area contributed by atoms with Crippen LogP contribution in [0.1, 0.15) is 27.1 Å². The molecular formula is C30H30O13. The van der Waals surface area contributed by atoms with E-state index in [2.05, 4.69) is 6.58 Å². The summed E-state index contributed by atoms with van der Waals surface area (Å²) in [5.41, 5.74) is 0.294. The number of benzene rings is 2. The van der Waals surface area contributed by atoms with Gasteiger partial charge in [0.05, 0.1) is 29.6 Å². The highest BCUT2D eigenvalue weighted by molar-refractivity contribution is 5.91. The average molecular weight is 599 g/mol. The lowest BCUT2D eigenvalue weighted by atomic mass is 9.81. The molecule has 3 aliphatic heterocycles. The predicted molar refractivity (Wildman–Crippen MR) is 143 cm³/mol. The molecule has 228 valence electrons. The summed E-state index contributed by atoms with van der Waals surface area (Å²) >= 11 is 0. The van der Waals surface area contributed by atoms with Crippen molar-refractivity contribution in [2.75, 3.05) is 13.2 Å². The zero-order valence-corrected chi connectivity index (χ0v) is 22.7. The number of hydrogen-bond donors (Lipinski definition) is 4. The van der Waals surface area contributed by atoms with Crippen LogP contribution in [0.3, 0.4) is 0 Å². The van der Waals surface area contributed by atoms with Crippen LogP contribution in [0.4, 0.5) is 0 Å². The molecule has 2 aromatic rings. The zero-order chi connectivity index (χ0) is 30.7. The van der Waals surface area contributed by atoms with Crippen LogP contribution in [0, 0.1) is 11.8 Å². The zero-order valence-electron chi connectivity index (χ0n) is 22.7. The van der Waals surface area contributed by atoms with Crippen LogP contribution in [0.2, 0.25) is 0 Å². The largest absolute Gasteiger partial charge is 0.508 e. The Labute approximate surface area is 245 Å². The van der Waals surface area contributed by atoms with Crippen LogP contribution in [-0.2, 0) is 33.2 Å². The lowest BCUT2D eigenvalue weighted by Gasteiger charge is -2.44. The molecule has 0 unspecified atom stereocenters. The molecule has 0 aliphatic carbocycles. The normalized spacial score (nSPS) is 30.1. The Morgan fingerprint density at radius 2 is 1.65 bits per heavy atom. The molecule has 0 saturated carbocycles. The molecule has 3 heterocycles. The summed E-state index contributed by atoms with van der Waals surface area (Å²) in [4.78, 5) is 37.7. The molecule has 5 rings (SSSR count). The van der Waals surface area contributed by atoms with Gasteiger partial charge in [0.15, 0.2) is 6.10 Å². The summed E-state index contributed by atoms with van der Waals surface area (Å²) in [5, 5.41) is 41.4. The first-order chi connectivity index (χ1) is 20.7. The van der Waals surface area contributed by atoms with Crippen molar-refractivity contribution < 1.29 is 63.2 Å². The van der Waals surface area contributed by atoms with Gasteiger partial charge in [-0.15, -0.1) is 6.58 Å². The fourth-order valence-corrected chi connectivity index (χ4v) is 5.13. The van der Waals surface area contributed by atoms with Crippen molar-refractivity contribution in [2.24, 2.45) is 11.8 Å². The Bertz CT molecular complexity index is 1400. The number of carbonyl (C=O) groups excluding carboxylic acids is 3. The smallest absolute Gasteiger partial charge is 0.338 e. The Morgan fingerprint density at radius 3 is 2.30 bits per heavy atom. The highest BCUT2D eigenvalue weighted by Crippen LogP contribution is 2.39. The van der Waals surface area contributed by atoms with E-state index in [1.165, 1.54) is 54.8 Å². The minimum absolute atomic E-state index is 0.0367. The van der Waals surface area contributed by atoms with E-state index in [1.807, 2.05) is 0 Å². The molecule has 4 N–H and O–H groups in total. The number of carbonyl (C=O) groups is 3. The number of esters is 3. The monoisotopic (exact) mass is 598 g/mol. The summed E-state index contributed by atoms with van der Waals surface area (Å²) in [6.07, 6.45) is -5.92. The van der Waals surface area contributed by atoms with Crippen molar-refractivity contribution in [1.82, 2.24) is 0 Å². The number of fused-ring (bicyclic) bond motifs is 1. The van der Waals surface area contributed by atoms with E-state index in [1.54, 1.807) is 0 Å². The number of hydrogen-bond acceptors (Lipinski definition) is 13. The van der Waals surface area contributed by atoms with Crippen LogP contribution < -0.4 is 0 Å². The summed E-state index contributed by atoms with van der Waals surface area (Å²) in [7, 11) is 0. The van der Waals surface area contributed by atoms with Crippen molar-refractivity contribution in [3.63, 3.8) is 0 Å². The number of rotatable bonds is 8. The van der Waals surface area contributed by atoms with Crippen LogP contribution in [0.5, 0.6) is 11.5 Å². The van der Waals surface area contributed by atoms with Crippen molar-refractivity contribution in [1.29, 1.82) is 0 Å². The van der Waals surface area contributed by atoms with Crippen LogP contribution >= 0.6 is 0 Å². The number of ether oxygens (including phenoxy) is 6. The Kier molecular flexibility index (Phi) is 8.97. The molecule has 0 aromatic heterocycles. The van der Waals surface area contributed by atoms with Gasteiger partial charge in [-0.25, -0.2) is 14.4 Å². The van der Waals surface area contributed by atoms with Crippen LogP contribution in [-0.4, -0.2) is 88.5 Å². The van der Waals surface area contributed by atoms with Gasteiger partial charge < -0.3 is 48.8 Å². The van der Waals surface area contributed by atoms with Crippen molar-refractivity contribution in [3.8, 4) is 11.5 Å². The summed E-state index contributed by atoms with van der Waals surface area (Å²) in [6.45, 7) is 3.46. The quantitative estimate of drug-likeness (QED) is 0.195. The fraction of sp³-hybridized carbons (Fsp3) is 0.367. The van der Waals surface area contributed by atoms with E-state index in [9.17, 15) is 34.8 Å². The highest BCUT2D eigenvalue weighted by Gasteiger charge is 2.51. The van der Waals surface area contributed by atoms with Crippen LogP contribution in [0.25, 0.3) is 0 Å². The first-order valence-electron chi connectivity index (χ1n) is 13.4. The Hall–Kier alpha value is -4.43. The maximum absolute atomic E-state index is 12.9. The lowest BCUT2D eigenvalue weighted by Crippen LogP contribution is -2.61. The van der Waals surface area contributed by atoms with Gasteiger partial charge in [-0.2, -0.15) is 0 Å². The number of phenols is 2. The standard InChI is InChI=1S/C30H30O13/c1-2-19-20-9-10-38-28(37)21(20)13-40-29(19)43-30-25(42-27(36)16-6-4-8-18(32)12-16)24(34)23(33)22(41-30)14-39-26(35)15-5-3-7-17(31)11-15/h2-8,11-13,19-20,22-25,29-34H,1,9-10,14H2/t19-,20+,22-,23-,24+,25-,29+,30+/m1/s1. The van der Waals surface area contributed by atoms with Gasteiger partial charge in [0.25, 0.3) is 0 Å². The van der Waals surface area contributed by atoms with Gasteiger partial charge in [-0.05, 0) is 42.8 Å². The minimum Gasteiger partial charge on any atom is -0.508 e. The lowest BCUT2D eigenvalue weighted by molar-refractivity contribution is -0.338. The van der Waals surface area contributed by atoms with Gasteiger partial charge in [0.2, 0.25) is 12.6 Å². The molecular weight excluding hydrogens is 568 g/mol. The fourth-order valence-electron chi connectivity index (χ4n) is 5.13. The molecule has 0 bridgehead atoms. The predicted octanol–water partition coefficient (Wildman–Crippen LogP) is 1.55. The molecule has 13 heteroatoms. The van der Waals surface area contributed by atoms with E-state index < -0.39 is 67.4 Å². The molecule has 2 aromatic carbocycles. The molecule has 0 amide bonds. The van der Waals surface area contributed by atoms with Gasteiger partial charge in [-0.1, -0.05) is 18.2 Å². The summed E-state index contributed by atoms with van der Waals surface area (Å²) in [6, 6.07) is 10.7. The molecule has 0 radical (unpaired) electrons. The Morgan fingerprint density at radius 1 is 0.977 bits per heavy atom. The summed E-state index contributed by atoms with van der Waals surface area (Å²) < 4.78 is 33.5. The average Bonchev–Trinajstić information content (AvgIpc) is 2.99. The Balaban J connectivity index is 1.37. The number of aliphatic hydroxyl groups is 2. The number of phenolic OH excluding ortho intramolecular Hbond substituents is 2. The van der Waals surface area contributed by atoms with E-state index in [4.69, 9.17) is 28.4 Å². The van der Waals surface area contributed by atoms with E-state index >= 15 is 0 Å². The second kappa shape index (κ2) is 12.8. The van der Waals surface area contributed by atoms with Crippen molar-refractivity contribution >= 4 is 17.9 Å². The molecule has 43 heavy (non-hydrogen) atoms. The third-order valence-electron chi connectivity index (χ3n) is 7.38. The van der Waals surface area contributed by atoms with E-state index in [-0.39, 0.29) is 35.2 Å². The molecule has 13 nitrogen and oxygen atoms in total. The third kappa shape index (κ3) is 6.49. The molecule has 3 aliphatic rings. The number of cyclic esters (lactones) is 1. The second-order valence-electron chi connectivity index (χ2n) is 10.2. The summed E-state index contributed by atoms with van der Waals surface area (Å²) in [5.74, 6) is -3.61.